The maximum atomic E-state index is 15.1. The predicted octanol–water partition coefficient (Wildman–Crippen LogP) is 6.20. The molecule has 9 rings (SSSR count). The fraction of sp³-hybridized carbons (Fsp3) is 0.279. The summed E-state index contributed by atoms with van der Waals surface area (Å²) >= 11 is 0. The first-order valence-corrected chi connectivity index (χ1v) is 18.6. The topological polar surface area (TPSA) is 115 Å². The molecule has 6 heterocycles. The number of aryl methyl sites for hydroxylation is 1. The highest BCUT2D eigenvalue weighted by Crippen LogP contribution is 2.42. The molecule has 12 heteroatoms. The third-order valence-electron chi connectivity index (χ3n) is 11.2. The Morgan fingerprint density at radius 3 is 2.42 bits per heavy atom. The van der Waals surface area contributed by atoms with Crippen LogP contribution in [0.15, 0.2) is 91.3 Å². The van der Waals surface area contributed by atoms with Gasteiger partial charge in [0.05, 0.1) is 36.2 Å². The molecule has 3 aromatic heterocycles. The number of benzene rings is 3. The number of morpholine rings is 1. The molecule has 0 radical (unpaired) electrons. The Morgan fingerprint density at radius 1 is 0.891 bits per heavy atom. The lowest BCUT2D eigenvalue weighted by Gasteiger charge is -2.40. The molecular formula is C43H42N6O6. The normalized spacial score (nSPS) is 16.7. The third-order valence-corrected chi connectivity index (χ3v) is 11.2. The lowest BCUT2D eigenvalue weighted by Crippen LogP contribution is -2.52. The highest BCUT2D eigenvalue weighted by Gasteiger charge is 2.35. The fourth-order valence-electron chi connectivity index (χ4n) is 8.10. The van der Waals surface area contributed by atoms with Crippen molar-refractivity contribution in [1.29, 1.82) is 0 Å². The second kappa shape index (κ2) is 13.9. The largest absolute Gasteiger partial charge is 0.508 e. The Labute approximate surface area is 318 Å². The van der Waals surface area contributed by atoms with Gasteiger partial charge < -0.3 is 33.4 Å². The molecule has 3 aliphatic heterocycles. The van der Waals surface area contributed by atoms with Crippen LogP contribution in [0, 0.1) is 6.92 Å². The molecule has 1 atom stereocenters. The quantitative estimate of drug-likeness (QED) is 0.206. The van der Waals surface area contributed by atoms with Crippen molar-refractivity contribution < 1.29 is 28.9 Å². The van der Waals surface area contributed by atoms with E-state index in [1.165, 1.54) is 5.56 Å². The van der Waals surface area contributed by atoms with Gasteiger partial charge in [-0.2, -0.15) is 0 Å². The molecule has 0 bridgehead atoms. The third kappa shape index (κ3) is 6.26. The van der Waals surface area contributed by atoms with E-state index in [2.05, 4.69) is 28.1 Å². The summed E-state index contributed by atoms with van der Waals surface area (Å²) in [5, 5.41) is 11.0. The lowest BCUT2D eigenvalue weighted by molar-refractivity contribution is 0.0193. The molecule has 0 spiro atoms. The highest BCUT2D eigenvalue weighted by atomic mass is 16.7. The van der Waals surface area contributed by atoms with Crippen molar-refractivity contribution in [2.45, 2.75) is 25.9 Å². The van der Waals surface area contributed by atoms with Crippen LogP contribution < -0.4 is 14.4 Å². The summed E-state index contributed by atoms with van der Waals surface area (Å²) in [4.78, 5) is 40.6. The van der Waals surface area contributed by atoms with Gasteiger partial charge in [-0.3, -0.25) is 19.4 Å². The number of nitrogens with zero attached hydrogens (tertiary/aromatic N) is 6. The molecule has 1 N–H and O–H groups in total. The number of amides is 2. The molecule has 6 aromatic rings. The second-order valence-electron chi connectivity index (χ2n) is 14.5. The van der Waals surface area contributed by atoms with Gasteiger partial charge in [-0.05, 0) is 79.1 Å². The van der Waals surface area contributed by atoms with Crippen LogP contribution in [0.3, 0.4) is 0 Å². The molecule has 3 aromatic carbocycles. The van der Waals surface area contributed by atoms with E-state index in [0.29, 0.717) is 70.7 Å². The van der Waals surface area contributed by atoms with E-state index in [-0.39, 0.29) is 30.4 Å². The van der Waals surface area contributed by atoms with Crippen LogP contribution in [0.5, 0.6) is 17.2 Å². The van der Waals surface area contributed by atoms with Gasteiger partial charge in [0.2, 0.25) is 6.79 Å². The van der Waals surface area contributed by atoms with Gasteiger partial charge in [-0.1, -0.05) is 24.3 Å². The smallest absolute Gasteiger partial charge is 0.264 e. The predicted molar refractivity (Wildman–Crippen MR) is 208 cm³/mol. The zero-order valence-corrected chi connectivity index (χ0v) is 31.1. The summed E-state index contributed by atoms with van der Waals surface area (Å²) in [5.41, 5.74) is 7.31. The summed E-state index contributed by atoms with van der Waals surface area (Å²) in [5.74, 6) is 0.754. The first-order chi connectivity index (χ1) is 26.7. The summed E-state index contributed by atoms with van der Waals surface area (Å²) in [6.45, 7) is 6.19. The van der Waals surface area contributed by atoms with Crippen molar-refractivity contribution in [2.75, 3.05) is 44.5 Å². The standard InChI is InChI=1S/C43H42N6O6/c1-27-35(43(52)49(31-8-10-34(50)11-9-31)32-19-29-12-13-45(2)41(29)44-23-32)20-38(46(27)3)36-21-39-40(55-26-54-39)22-37(36)42(51)48-24-30-7-5-4-6-28(30)18-33(48)25-47-14-16-53-17-15-47/h4-13,19-23,33,50H,14-18,24-26H2,1-3H3/t33-/m0/s1. The van der Waals surface area contributed by atoms with Crippen molar-refractivity contribution in [2.24, 2.45) is 14.1 Å². The Balaban J connectivity index is 1.13. The first kappa shape index (κ1) is 34.6. The number of fused-ring (bicyclic) bond motifs is 3. The number of rotatable bonds is 7. The summed E-state index contributed by atoms with van der Waals surface area (Å²) < 4.78 is 21.2. The molecule has 280 valence electrons. The van der Waals surface area contributed by atoms with Crippen molar-refractivity contribution >= 4 is 34.2 Å². The number of ether oxygens (including phenoxy) is 3. The van der Waals surface area contributed by atoms with Crippen LogP contribution in [-0.4, -0.2) is 86.5 Å². The molecule has 3 aliphatic rings. The Morgan fingerprint density at radius 2 is 1.64 bits per heavy atom. The maximum Gasteiger partial charge on any atom is 0.264 e. The number of phenolic OH excluding ortho intramolecular Hbond substituents is 1. The molecule has 0 saturated carbocycles. The Hall–Kier alpha value is -6.11. The van der Waals surface area contributed by atoms with Crippen LogP contribution in [0.1, 0.15) is 37.5 Å². The minimum Gasteiger partial charge on any atom is -0.508 e. The van der Waals surface area contributed by atoms with Crippen LogP contribution >= 0.6 is 0 Å². The number of carbonyl (C=O) groups excluding carboxylic acids is 2. The van der Waals surface area contributed by atoms with Crippen molar-refractivity contribution in [3.63, 3.8) is 0 Å². The van der Waals surface area contributed by atoms with Gasteiger partial charge in [0.15, 0.2) is 11.5 Å². The average Bonchev–Trinajstić information content (AvgIpc) is 3.91. The molecule has 12 nitrogen and oxygen atoms in total. The minimum absolute atomic E-state index is 0.0551. The number of anilines is 2. The molecule has 0 aliphatic carbocycles. The molecule has 1 fully saturated rings. The van der Waals surface area contributed by atoms with E-state index in [0.717, 1.165) is 42.7 Å². The monoisotopic (exact) mass is 738 g/mol. The van der Waals surface area contributed by atoms with Crippen molar-refractivity contribution in [3.8, 4) is 28.5 Å². The number of pyridine rings is 1. The van der Waals surface area contributed by atoms with Crippen LogP contribution in [0.25, 0.3) is 22.3 Å². The number of aromatic nitrogens is 3. The van der Waals surface area contributed by atoms with Crippen LogP contribution in [-0.2, 0) is 31.8 Å². The molecule has 0 unspecified atom stereocenters. The zero-order chi connectivity index (χ0) is 37.8. The average molecular weight is 739 g/mol. The lowest BCUT2D eigenvalue weighted by atomic mass is 9.92. The zero-order valence-electron chi connectivity index (χ0n) is 31.1. The molecule has 55 heavy (non-hydrogen) atoms. The van der Waals surface area contributed by atoms with Gasteiger partial charge in [-0.25, -0.2) is 4.98 Å². The minimum atomic E-state index is -0.283. The van der Waals surface area contributed by atoms with Crippen molar-refractivity contribution in [3.05, 3.63) is 119 Å². The van der Waals surface area contributed by atoms with E-state index >= 15 is 4.79 Å². The van der Waals surface area contributed by atoms with Gasteiger partial charge in [-0.15, -0.1) is 0 Å². The fourth-order valence-corrected chi connectivity index (χ4v) is 8.10. The summed E-state index contributed by atoms with van der Waals surface area (Å²) in [7, 11) is 3.83. The van der Waals surface area contributed by atoms with E-state index < -0.39 is 0 Å². The van der Waals surface area contributed by atoms with Gasteiger partial charge >= 0.3 is 0 Å². The van der Waals surface area contributed by atoms with Crippen molar-refractivity contribution in [1.82, 2.24) is 23.9 Å². The van der Waals surface area contributed by atoms with Crippen LogP contribution in [0.2, 0.25) is 0 Å². The Bertz CT molecular complexity index is 2450. The van der Waals surface area contributed by atoms with Gasteiger partial charge in [0.1, 0.15) is 11.4 Å². The summed E-state index contributed by atoms with van der Waals surface area (Å²) in [6, 6.07) is 24.2. The Kier molecular flexibility index (Phi) is 8.78. The molecule has 1 saturated heterocycles. The van der Waals surface area contributed by atoms with E-state index in [1.807, 2.05) is 71.6 Å². The second-order valence-corrected chi connectivity index (χ2v) is 14.5. The maximum absolute atomic E-state index is 15.1. The van der Waals surface area contributed by atoms with Crippen LogP contribution in [0.4, 0.5) is 11.4 Å². The van der Waals surface area contributed by atoms with E-state index in [9.17, 15) is 9.90 Å². The number of phenols is 1. The molecule has 2 amide bonds. The number of carbonyl (C=O) groups is 2. The number of hydrogen-bond donors (Lipinski definition) is 1. The molecular weight excluding hydrogens is 697 g/mol. The van der Waals surface area contributed by atoms with E-state index in [1.54, 1.807) is 41.4 Å². The van der Waals surface area contributed by atoms with E-state index in [4.69, 9.17) is 14.2 Å². The first-order valence-electron chi connectivity index (χ1n) is 18.6. The highest BCUT2D eigenvalue weighted by molar-refractivity contribution is 6.13. The SMILES string of the molecule is Cc1c(C(=O)N(c2ccc(O)cc2)c2cnc3c(ccn3C)c2)cc(-c2cc3c(cc2C(=O)N2Cc4ccccc4C[C@H]2CN2CCOCC2)OCO3)n1C. The van der Waals surface area contributed by atoms with Gasteiger partial charge in [0.25, 0.3) is 11.8 Å². The number of aromatic hydroxyl groups is 1. The van der Waals surface area contributed by atoms with Gasteiger partial charge in [0, 0.05) is 80.5 Å². The number of hydrogen-bond acceptors (Lipinski definition) is 8. The summed E-state index contributed by atoms with van der Waals surface area (Å²) in [6.07, 6.45) is 4.36.